The van der Waals surface area contributed by atoms with Gasteiger partial charge in [-0.1, -0.05) is 35.3 Å². The van der Waals surface area contributed by atoms with Crippen molar-refractivity contribution in [2.24, 2.45) is 5.92 Å². The molecule has 9 heteroatoms. The molecular weight excluding hydrogens is 426 g/mol. The molecule has 0 unspecified atom stereocenters. The maximum absolute atomic E-state index is 13.3. The van der Waals surface area contributed by atoms with Gasteiger partial charge in [0.15, 0.2) is 0 Å². The highest BCUT2D eigenvalue weighted by atomic mass is 35.5. The molecule has 0 radical (unpaired) electrons. The van der Waals surface area contributed by atoms with Crippen molar-refractivity contribution < 1.29 is 17.6 Å². The van der Waals surface area contributed by atoms with Crippen LogP contribution in [0.5, 0.6) is 0 Å². The van der Waals surface area contributed by atoms with Gasteiger partial charge in [-0.2, -0.15) is 0 Å². The predicted molar refractivity (Wildman–Crippen MR) is 108 cm³/mol. The average molecular weight is 445 g/mol. The molecule has 0 saturated carbocycles. The largest absolute Gasteiger partial charge is 0.326 e. The van der Waals surface area contributed by atoms with Crippen molar-refractivity contribution in [1.82, 2.24) is 4.31 Å². The van der Waals surface area contributed by atoms with Gasteiger partial charge in [0.05, 0.1) is 11.7 Å². The summed E-state index contributed by atoms with van der Waals surface area (Å²) in [7, 11) is -3.70. The molecule has 1 aliphatic heterocycles. The summed E-state index contributed by atoms with van der Waals surface area (Å²) in [5, 5.41) is 3.22. The molecule has 150 valence electrons. The van der Waals surface area contributed by atoms with E-state index in [9.17, 15) is 17.6 Å². The van der Waals surface area contributed by atoms with E-state index in [1.807, 2.05) is 0 Å². The second kappa shape index (κ2) is 8.78. The van der Waals surface area contributed by atoms with Crippen molar-refractivity contribution in [1.29, 1.82) is 0 Å². The minimum atomic E-state index is -3.70. The van der Waals surface area contributed by atoms with Crippen LogP contribution < -0.4 is 5.32 Å². The van der Waals surface area contributed by atoms with E-state index < -0.39 is 21.8 Å². The monoisotopic (exact) mass is 444 g/mol. The SMILES string of the molecule is O=C(Nc1cccc(F)c1)[C@@H]1CCCN(S(=O)(=O)Cc2c(Cl)cccc2Cl)C1. The Morgan fingerprint density at radius 2 is 1.86 bits per heavy atom. The molecular formula is C19H19Cl2FN2O3S. The zero-order chi connectivity index (χ0) is 20.3. The third-order valence-electron chi connectivity index (χ3n) is 4.63. The minimum absolute atomic E-state index is 0.0611. The molecule has 1 amide bonds. The molecule has 1 saturated heterocycles. The second-order valence-electron chi connectivity index (χ2n) is 6.65. The molecule has 2 aromatic rings. The van der Waals surface area contributed by atoms with Crippen LogP contribution in [-0.2, 0) is 20.6 Å². The first-order valence-corrected chi connectivity index (χ1v) is 11.1. The van der Waals surface area contributed by atoms with Crippen molar-refractivity contribution in [3.63, 3.8) is 0 Å². The summed E-state index contributed by atoms with van der Waals surface area (Å²) in [4.78, 5) is 12.5. The highest BCUT2D eigenvalue weighted by Crippen LogP contribution is 2.29. The molecule has 28 heavy (non-hydrogen) atoms. The standard InChI is InChI=1S/C19H19Cl2FN2O3S/c20-17-7-2-8-18(21)16(17)12-28(26,27)24-9-3-4-13(11-24)19(25)23-15-6-1-5-14(22)10-15/h1-2,5-8,10,13H,3-4,9,11-12H2,(H,23,25)/t13-/m1/s1. The van der Waals surface area contributed by atoms with Gasteiger partial charge >= 0.3 is 0 Å². The smallest absolute Gasteiger partial charge is 0.228 e. The highest BCUT2D eigenvalue weighted by Gasteiger charge is 2.33. The molecule has 0 bridgehead atoms. The number of amides is 1. The van der Waals surface area contributed by atoms with E-state index >= 15 is 0 Å². The summed E-state index contributed by atoms with van der Waals surface area (Å²) >= 11 is 12.2. The summed E-state index contributed by atoms with van der Waals surface area (Å²) in [6.07, 6.45) is 1.11. The van der Waals surface area contributed by atoms with Gasteiger partial charge in [0, 0.05) is 34.4 Å². The molecule has 3 rings (SSSR count). The van der Waals surface area contributed by atoms with Crippen LogP contribution >= 0.6 is 23.2 Å². The van der Waals surface area contributed by atoms with Gasteiger partial charge in [-0.25, -0.2) is 17.1 Å². The molecule has 1 N–H and O–H groups in total. The van der Waals surface area contributed by atoms with Crippen LogP contribution in [0.4, 0.5) is 10.1 Å². The maximum Gasteiger partial charge on any atom is 0.228 e. The number of halogens is 3. The summed E-state index contributed by atoms with van der Waals surface area (Å²) < 4.78 is 40.3. The molecule has 2 aromatic carbocycles. The first kappa shape index (κ1) is 21.0. The van der Waals surface area contributed by atoms with Crippen LogP contribution in [0.25, 0.3) is 0 Å². The Balaban J connectivity index is 1.70. The van der Waals surface area contributed by atoms with Gasteiger partial charge in [0.1, 0.15) is 5.82 Å². The lowest BCUT2D eigenvalue weighted by Crippen LogP contribution is -2.44. The van der Waals surface area contributed by atoms with Crippen LogP contribution in [0.15, 0.2) is 42.5 Å². The summed E-state index contributed by atoms with van der Waals surface area (Å²) in [6.45, 7) is 0.389. The lowest BCUT2D eigenvalue weighted by atomic mass is 9.99. The minimum Gasteiger partial charge on any atom is -0.326 e. The Kier molecular flexibility index (Phi) is 6.60. The third kappa shape index (κ3) is 5.03. The molecule has 0 spiro atoms. The van der Waals surface area contributed by atoms with Crippen molar-refractivity contribution in [2.75, 3.05) is 18.4 Å². The molecule has 5 nitrogen and oxygen atoms in total. The maximum atomic E-state index is 13.3. The number of anilines is 1. The first-order chi connectivity index (χ1) is 13.3. The zero-order valence-electron chi connectivity index (χ0n) is 14.9. The normalized spacial score (nSPS) is 18.0. The van der Waals surface area contributed by atoms with Crippen LogP contribution in [0.1, 0.15) is 18.4 Å². The van der Waals surface area contributed by atoms with Crippen molar-refractivity contribution in [3.8, 4) is 0 Å². The second-order valence-corrected chi connectivity index (χ2v) is 9.44. The molecule has 1 aliphatic rings. The summed E-state index contributed by atoms with van der Waals surface area (Å²) in [5.74, 6) is -1.64. The van der Waals surface area contributed by atoms with Gasteiger partial charge in [-0.05, 0) is 43.2 Å². The van der Waals surface area contributed by atoms with Crippen LogP contribution in [0, 0.1) is 11.7 Å². The van der Waals surface area contributed by atoms with E-state index in [1.54, 1.807) is 24.3 Å². The van der Waals surface area contributed by atoms with Crippen LogP contribution in [0.3, 0.4) is 0 Å². The number of hydrogen-bond donors (Lipinski definition) is 1. The number of carbonyl (C=O) groups excluding carboxylic acids is 1. The predicted octanol–water partition coefficient (Wildman–Crippen LogP) is 4.31. The Hall–Kier alpha value is -1.67. The fourth-order valence-electron chi connectivity index (χ4n) is 3.16. The van der Waals surface area contributed by atoms with Crippen molar-refractivity contribution >= 4 is 44.8 Å². The van der Waals surface area contributed by atoms with E-state index in [0.717, 1.165) is 0 Å². The van der Waals surface area contributed by atoms with Gasteiger partial charge in [0.25, 0.3) is 0 Å². The number of sulfonamides is 1. The van der Waals surface area contributed by atoms with Crippen LogP contribution in [-0.4, -0.2) is 31.7 Å². The number of nitrogens with zero attached hydrogens (tertiary/aromatic N) is 1. The van der Waals surface area contributed by atoms with Crippen molar-refractivity contribution in [2.45, 2.75) is 18.6 Å². The third-order valence-corrected chi connectivity index (χ3v) is 7.11. The zero-order valence-corrected chi connectivity index (χ0v) is 17.2. The van der Waals surface area contributed by atoms with Gasteiger partial charge in [-0.3, -0.25) is 4.79 Å². The molecule has 1 heterocycles. The lowest BCUT2D eigenvalue weighted by Gasteiger charge is -2.31. The van der Waals surface area contributed by atoms with Gasteiger partial charge in [0.2, 0.25) is 15.9 Å². The van der Waals surface area contributed by atoms with E-state index in [1.165, 1.54) is 22.5 Å². The fourth-order valence-corrected chi connectivity index (χ4v) is 5.53. The lowest BCUT2D eigenvalue weighted by molar-refractivity contribution is -0.120. The van der Waals surface area contributed by atoms with Gasteiger partial charge < -0.3 is 5.32 Å². The Morgan fingerprint density at radius 3 is 2.54 bits per heavy atom. The Labute approximate surface area is 173 Å². The number of rotatable bonds is 5. The number of nitrogens with one attached hydrogen (secondary N) is 1. The highest BCUT2D eigenvalue weighted by molar-refractivity contribution is 7.88. The summed E-state index contributed by atoms with van der Waals surface area (Å²) in [5.41, 5.74) is 0.685. The van der Waals surface area contributed by atoms with E-state index in [0.29, 0.717) is 30.6 Å². The molecule has 1 fully saturated rings. The average Bonchev–Trinajstić information content (AvgIpc) is 2.65. The topological polar surface area (TPSA) is 66.5 Å². The molecule has 0 aromatic heterocycles. The number of carbonyl (C=O) groups is 1. The van der Waals surface area contributed by atoms with Gasteiger partial charge in [-0.15, -0.1) is 0 Å². The van der Waals surface area contributed by atoms with E-state index in [4.69, 9.17) is 23.2 Å². The number of hydrogen-bond acceptors (Lipinski definition) is 3. The first-order valence-electron chi connectivity index (χ1n) is 8.73. The van der Waals surface area contributed by atoms with E-state index in [2.05, 4.69) is 5.32 Å². The van der Waals surface area contributed by atoms with Crippen LogP contribution in [0.2, 0.25) is 10.0 Å². The van der Waals surface area contributed by atoms with E-state index in [-0.39, 0.29) is 28.3 Å². The molecule has 0 aliphatic carbocycles. The Morgan fingerprint density at radius 1 is 1.18 bits per heavy atom. The Bertz CT molecular complexity index is 965. The summed E-state index contributed by atoms with van der Waals surface area (Å²) in [6, 6.07) is 10.4. The quantitative estimate of drug-likeness (QED) is 0.746. The number of piperidine rings is 1. The molecule has 1 atom stereocenters. The number of benzene rings is 2. The fraction of sp³-hybridized carbons (Fsp3) is 0.316. The van der Waals surface area contributed by atoms with Crippen molar-refractivity contribution in [3.05, 3.63) is 63.9 Å².